The molecule has 0 spiro atoms. The Morgan fingerprint density at radius 3 is 2.55 bits per heavy atom. The van der Waals surface area contributed by atoms with Crippen LogP contribution in [0.3, 0.4) is 0 Å². The molecule has 3 aromatic heterocycles. The average molecular weight is 488 g/mol. The molecular weight excluding hydrogens is 468 g/mol. The number of rotatable bonds is 4. The topological polar surface area (TPSA) is 71.2 Å². The molecule has 170 valence electrons. The van der Waals surface area contributed by atoms with Gasteiger partial charge < -0.3 is 10.2 Å². The van der Waals surface area contributed by atoms with Gasteiger partial charge in [0.15, 0.2) is 5.65 Å². The maximum Gasteiger partial charge on any atom is 0.243 e. The molecule has 2 fully saturated rings. The number of halogens is 3. The summed E-state index contributed by atoms with van der Waals surface area (Å²) >= 11 is 7.70. The number of hydrogen-bond acceptors (Lipinski definition) is 7. The van der Waals surface area contributed by atoms with Gasteiger partial charge in [-0.05, 0) is 56.9 Å². The van der Waals surface area contributed by atoms with Crippen LogP contribution in [0.15, 0.2) is 30.5 Å². The Hall–Kier alpha value is -2.85. The molecule has 2 aliphatic rings. The first-order valence-corrected chi connectivity index (χ1v) is 12.0. The summed E-state index contributed by atoms with van der Waals surface area (Å²) in [5.74, 6) is 0.315. The van der Waals surface area contributed by atoms with E-state index in [1.165, 1.54) is 46.5 Å². The maximum absolute atomic E-state index is 14.3. The van der Waals surface area contributed by atoms with E-state index in [0.717, 1.165) is 36.6 Å². The third-order valence-corrected chi connectivity index (χ3v) is 7.56. The Bertz CT molecular complexity index is 1340. The van der Waals surface area contributed by atoms with Gasteiger partial charge in [0.2, 0.25) is 11.1 Å². The fraction of sp³-hybridized carbons (Fsp3) is 0.364. The first-order valence-electron chi connectivity index (χ1n) is 10.8. The molecule has 6 rings (SSSR count). The van der Waals surface area contributed by atoms with E-state index in [0.29, 0.717) is 34.8 Å². The second-order valence-electron chi connectivity index (χ2n) is 8.63. The molecule has 2 atom stereocenters. The number of nitrogens with one attached hydrogen (secondary N) is 1. The molecule has 2 aliphatic heterocycles. The molecule has 5 heterocycles. The molecule has 33 heavy (non-hydrogen) atoms. The van der Waals surface area contributed by atoms with Crippen LogP contribution in [0.2, 0.25) is 5.02 Å². The van der Waals surface area contributed by atoms with E-state index in [4.69, 9.17) is 11.6 Å². The summed E-state index contributed by atoms with van der Waals surface area (Å²) in [5.41, 5.74) is 1.42. The van der Waals surface area contributed by atoms with Crippen molar-refractivity contribution in [3.05, 3.63) is 52.9 Å². The minimum absolute atomic E-state index is 0.191. The number of aromatic nitrogens is 5. The molecule has 4 aromatic rings. The van der Waals surface area contributed by atoms with Gasteiger partial charge in [-0.2, -0.15) is 9.36 Å². The predicted molar refractivity (Wildman–Crippen MR) is 124 cm³/mol. The van der Waals surface area contributed by atoms with Gasteiger partial charge in [0.25, 0.3) is 0 Å². The number of pyridine rings is 1. The lowest BCUT2D eigenvalue weighted by atomic mass is 9.98. The highest BCUT2D eigenvalue weighted by atomic mass is 35.5. The Balaban J connectivity index is 1.27. The third-order valence-electron chi connectivity index (χ3n) is 6.43. The van der Waals surface area contributed by atoms with Crippen molar-refractivity contribution in [3.8, 4) is 11.1 Å². The second kappa shape index (κ2) is 7.88. The smallest absolute Gasteiger partial charge is 0.243 e. The van der Waals surface area contributed by atoms with Gasteiger partial charge >= 0.3 is 0 Å². The minimum atomic E-state index is -0.479. The molecule has 2 saturated heterocycles. The first kappa shape index (κ1) is 20.7. The van der Waals surface area contributed by atoms with E-state index in [1.54, 1.807) is 0 Å². The van der Waals surface area contributed by atoms with Crippen LogP contribution in [-0.2, 0) is 0 Å². The number of benzene rings is 1. The third kappa shape index (κ3) is 3.71. The van der Waals surface area contributed by atoms with E-state index in [2.05, 4.69) is 29.7 Å². The van der Waals surface area contributed by atoms with E-state index < -0.39 is 11.6 Å². The van der Waals surface area contributed by atoms with Gasteiger partial charge in [0.05, 0.1) is 11.2 Å². The number of hydrogen-bond donors (Lipinski definition) is 1. The molecule has 1 N–H and O–H groups in total. The maximum atomic E-state index is 14.3. The highest BCUT2D eigenvalue weighted by molar-refractivity contribution is 7.09. The van der Waals surface area contributed by atoms with Crippen LogP contribution in [0.25, 0.3) is 16.8 Å². The number of anilines is 2. The van der Waals surface area contributed by atoms with E-state index in [1.807, 2.05) is 6.92 Å². The van der Waals surface area contributed by atoms with Gasteiger partial charge in [0.1, 0.15) is 17.5 Å². The lowest BCUT2D eigenvalue weighted by Gasteiger charge is -2.38. The van der Waals surface area contributed by atoms with Crippen molar-refractivity contribution in [2.45, 2.75) is 50.7 Å². The Morgan fingerprint density at radius 2 is 1.85 bits per heavy atom. The molecule has 0 radical (unpaired) electrons. The zero-order valence-corrected chi connectivity index (χ0v) is 19.2. The summed E-state index contributed by atoms with van der Waals surface area (Å²) < 4.78 is 33.6. The van der Waals surface area contributed by atoms with Crippen LogP contribution in [0.5, 0.6) is 0 Å². The van der Waals surface area contributed by atoms with Gasteiger partial charge in [0, 0.05) is 40.8 Å². The Morgan fingerprint density at radius 1 is 1.06 bits per heavy atom. The highest BCUT2D eigenvalue weighted by Gasteiger charge is 2.42. The number of nitrogens with zero attached hydrogens (tertiary/aromatic N) is 6. The fourth-order valence-electron chi connectivity index (χ4n) is 5.10. The normalized spacial score (nSPS) is 22.3. The van der Waals surface area contributed by atoms with E-state index >= 15 is 0 Å². The average Bonchev–Trinajstić information content (AvgIpc) is 3.43. The first-order chi connectivity index (χ1) is 15.9. The van der Waals surface area contributed by atoms with Crippen LogP contribution in [-0.4, -0.2) is 42.1 Å². The predicted octanol–water partition coefficient (Wildman–Crippen LogP) is 5.10. The monoisotopic (exact) mass is 487 g/mol. The summed E-state index contributed by atoms with van der Waals surface area (Å²) in [7, 11) is 0. The Kier molecular flexibility index (Phi) is 4.95. The summed E-state index contributed by atoms with van der Waals surface area (Å²) in [6.07, 6.45) is 5.40. The molecule has 1 aromatic carbocycles. The second-order valence-corrected chi connectivity index (χ2v) is 9.77. The molecule has 2 bridgehead atoms. The van der Waals surface area contributed by atoms with Crippen LogP contribution >= 0.6 is 23.1 Å². The van der Waals surface area contributed by atoms with Crippen LogP contribution in [0.1, 0.15) is 31.5 Å². The molecule has 0 aliphatic carbocycles. The number of aryl methyl sites for hydroxylation is 1. The van der Waals surface area contributed by atoms with Crippen molar-refractivity contribution in [2.75, 3.05) is 10.2 Å². The van der Waals surface area contributed by atoms with Crippen LogP contribution in [0, 0.1) is 18.6 Å². The molecular formula is C22H20ClF2N7S. The molecule has 0 saturated carbocycles. The number of piperidine rings is 1. The largest absolute Gasteiger partial charge is 0.350 e. The fourth-order valence-corrected chi connectivity index (χ4v) is 6.19. The molecule has 11 heteroatoms. The van der Waals surface area contributed by atoms with Gasteiger partial charge in [-0.25, -0.2) is 18.3 Å². The van der Waals surface area contributed by atoms with Crippen molar-refractivity contribution in [1.82, 2.24) is 24.0 Å². The lowest BCUT2D eigenvalue weighted by Crippen LogP contribution is -2.47. The van der Waals surface area contributed by atoms with Crippen LogP contribution < -0.4 is 10.2 Å². The zero-order valence-electron chi connectivity index (χ0n) is 17.7. The molecule has 0 amide bonds. The lowest BCUT2D eigenvalue weighted by molar-refractivity contribution is 0.431. The van der Waals surface area contributed by atoms with Crippen molar-refractivity contribution in [3.63, 3.8) is 0 Å². The summed E-state index contributed by atoms with van der Waals surface area (Å²) in [6.45, 7) is 1.92. The molecule has 7 nitrogen and oxygen atoms in total. The van der Waals surface area contributed by atoms with Crippen molar-refractivity contribution in [2.24, 2.45) is 0 Å². The van der Waals surface area contributed by atoms with E-state index in [9.17, 15) is 8.78 Å². The number of fused-ring (bicyclic) bond motifs is 3. The van der Waals surface area contributed by atoms with Crippen LogP contribution in [0.4, 0.5) is 19.9 Å². The molecule has 2 unspecified atom stereocenters. The van der Waals surface area contributed by atoms with E-state index in [-0.39, 0.29) is 11.1 Å². The zero-order chi connectivity index (χ0) is 22.7. The van der Waals surface area contributed by atoms with Crippen molar-refractivity contribution >= 4 is 39.9 Å². The summed E-state index contributed by atoms with van der Waals surface area (Å²) in [4.78, 5) is 11.6. The highest BCUT2D eigenvalue weighted by Crippen LogP contribution is 2.40. The van der Waals surface area contributed by atoms with Crippen molar-refractivity contribution < 1.29 is 8.78 Å². The quantitative estimate of drug-likeness (QED) is 0.432. The summed E-state index contributed by atoms with van der Waals surface area (Å²) in [6, 6.07) is 6.37. The van der Waals surface area contributed by atoms with Gasteiger partial charge in [-0.1, -0.05) is 11.6 Å². The Labute approximate surface area is 197 Å². The van der Waals surface area contributed by atoms with Gasteiger partial charge in [-0.15, -0.1) is 5.10 Å². The SMILES string of the molecule is Cc1nsc(N2C3CCC2CC(Nc2nc4c(-c5ccc(F)cc5Cl)cc(F)cn4n2)C3)n1. The standard InChI is InChI=1S/C22H20ClF2N7S/c1-11-26-22(33-30-11)32-15-3-4-16(32)9-14(8-15)27-21-28-20-18(6-13(25)10-31(20)29-21)17-5-2-12(24)7-19(17)23/h2,5-7,10,14-16H,3-4,8-9H2,1H3,(H,27,29). The van der Waals surface area contributed by atoms with Crippen molar-refractivity contribution in [1.29, 1.82) is 0 Å². The minimum Gasteiger partial charge on any atom is -0.350 e. The van der Waals surface area contributed by atoms with Gasteiger partial charge in [-0.3, -0.25) is 0 Å². The summed E-state index contributed by atoms with van der Waals surface area (Å²) in [5, 5.41) is 9.10.